The molecular formula is C13H22N4S. The Kier molecular flexibility index (Phi) is 2.96. The SMILES string of the molecule is CC1CC(C)C(C)N(c2n[nH]c(=S)n2C2CC2)C1. The summed E-state index contributed by atoms with van der Waals surface area (Å²) in [6, 6.07) is 1.13. The molecule has 1 aromatic heterocycles. The van der Waals surface area contributed by atoms with Gasteiger partial charge in [-0.25, -0.2) is 5.10 Å². The first-order valence-electron chi connectivity index (χ1n) is 7.01. The topological polar surface area (TPSA) is 36.9 Å². The van der Waals surface area contributed by atoms with Crippen LogP contribution in [0.15, 0.2) is 0 Å². The fraction of sp³-hybridized carbons (Fsp3) is 0.846. The van der Waals surface area contributed by atoms with Crippen LogP contribution in [0.3, 0.4) is 0 Å². The summed E-state index contributed by atoms with van der Waals surface area (Å²) in [5.74, 6) is 2.51. The number of H-pyrrole nitrogens is 1. The van der Waals surface area contributed by atoms with Crippen molar-refractivity contribution in [2.24, 2.45) is 11.8 Å². The molecular weight excluding hydrogens is 244 g/mol. The van der Waals surface area contributed by atoms with E-state index >= 15 is 0 Å². The molecule has 2 heterocycles. The van der Waals surface area contributed by atoms with Gasteiger partial charge in [0.1, 0.15) is 0 Å². The van der Waals surface area contributed by atoms with Gasteiger partial charge in [-0.2, -0.15) is 0 Å². The largest absolute Gasteiger partial charge is 0.338 e. The quantitative estimate of drug-likeness (QED) is 0.836. The number of hydrogen-bond acceptors (Lipinski definition) is 3. The molecule has 3 atom stereocenters. The minimum Gasteiger partial charge on any atom is -0.338 e. The Morgan fingerprint density at radius 2 is 2.00 bits per heavy atom. The van der Waals surface area contributed by atoms with Gasteiger partial charge in [0.2, 0.25) is 5.95 Å². The lowest BCUT2D eigenvalue weighted by Crippen LogP contribution is -2.47. The fourth-order valence-electron chi connectivity index (χ4n) is 3.14. The Morgan fingerprint density at radius 3 is 2.67 bits per heavy atom. The predicted octanol–water partition coefficient (Wildman–Crippen LogP) is 3.15. The first-order chi connectivity index (χ1) is 8.58. The van der Waals surface area contributed by atoms with E-state index in [4.69, 9.17) is 12.2 Å². The number of aromatic nitrogens is 3. The molecule has 2 aliphatic rings. The van der Waals surface area contributed by atoms with Crippen molar-refractivity contribution < 1.29 is 0 Å². The average molecular weight is 266 g/mol. The normalized spacial score (nSPS) is 32.8. The van der Waals surface area contributed by atoms with Crippen LogP contribution in [0.4, 0.5) is 5.95 Å². The van der Waals surface area contributed by atoms with Crippen LogP contribution in [0.1, 0.15) is 46.1 Å². The molecule has 3 rings (SSSR count). The minimum absolute atomic E-state index is 0.545. The second-order valence-corrected chi connectivity index (χ2v) is 6.53. The van der Waals surface area contributed by atoms with E-state index in [1.807, 2.05) is 0 Å². The van der Waals surface area contributed by atoms with Gasteiger partial charge in [0.25, 0.3) is 0 Å². The maximum atomic E-state index is 5.37. The monoisotopic (exact) mass is 266 g/mol. The molecule has 0 aromatic carbocycles. The summed E-state index contributed by atoms with van der Waals surface area (Å²) in [4.78, 5) is 2.45. The van der Waals surface area contributed by atoms with Gasteiger partial charge in [-0.15, -0.1) is 5.10 Å². The highest BCUT2D eigenvalue weighted by Gasteiger charge is 2.35. The zero-order valence-electron chi connectivity index (χ0n) is 11.4. The third kappa shape index (κ3) is 1.98. The van der Waals surface area contributed by atoms with E-state index in [0.29, 0.717) is 18.0 Å². The lowest BCUT2D eigenvalue weighted by Gasteiger charge is -2.41. The summed E-state index contributed by atoms with van der Waals surface area (Å²) >= 11 is 5.37. The highest BCUT2D eigenvalue weighted by atomic mass is 32.1. The van der Waals surface area contributed by atoms with Gasteiger partial charge >= 0.3 is 0 Å². The number of anilines is 1. The third-order valence-corrected chi connectivity index (χ3v) is 4.74. The molecule has 5 heteroatoms. The first kappa shape index (κ1) is 12.2. The van der Waals surface area contributed by atoms with Gasteiger partial charge in [0.15, 0.2) is 4.77 Å². The Balaban J connectivity index is 1.95. The molecule has 1 aromatic rings. The molecule has 3 unspecified atom stereocenters. The van der Waals surface area contributed by atoms with E-state index in [-0.39, 0.29) is 0 Å². The molecule has 1 saturated carbocycles. The Labute approximate surface area is 113 Å². The van der Waals surface area contributed by atoms with Crippen molar-refractivity contribution in [3.05, 3.63) is 4.77 Å². The van der Waals surface area contributed by atoms with Gasteiger partial charge in [0.05, 0.1) is 0 Å². The van der Waals surface area contributed by atoms with Crippen molar-refractivity contribution in [1.29, 1.82) is 0 Å². The van der Waals surface area contributed by atoms with Crippen molar-refractivity contribution in [2.75, 3.05) is 11.4 Å². The third-order valence-electron chi connectivity index (χ3n) is 4.45. The highest BCUT2D eigenvalue weighted by molar-refractivity contribution is 7.71. The van der Waals surface area contributed by atoms with E-state index in [9.17, 15) is 0 Å². The molecule has 1 saturated heterocycles. The summed E-state index contributed by atoms with van der Waals surface area (Å²) in [5.41, 5.74) is 0. The fourth-order valence-corrected chi connectivity index (χ4v) is 3.42. The van der Waals surface area contributed by atoms with Crippen LogP contribution in [0.5, 0.6) is 0 Å². The van der Waals surface area contributed by atoms with Crippen LogP contribution in [-0.4, -0.2) is 27.4 Å². The Hall–Kier alpha value is -0.840. The Morgan fingerprint density at radius 1 is 1.28 bits per heavy atom. The molecule has 2 fully saturated rings. The van der Waals surface area contributed by atoms with Gasteiger partial charge < -0.3 is 4.90 Å². The molecule has 0 amide bonds. The van der Waals surface area contributed by atoms with Gasteiger partial charge in [0, 0.05) is 18.6 Å². The van der Waals surface area contributed by atoms with Crippen LogP contribution in [0, 0.1) is 16.6 Å². The second-order valence-electron chi connectivity index (χ2n) is 6.14. The minimum atomic E-state index is 0.545. The second kappa shape index (κ2) is 4.37. The summed E-state index contributed by atoms with van der Waals surface area (Å²) in [5, 5.41) is 7.47. The molecule has 4 nitrogen and oxygen atoms in total. The molecule has 0 spiro atoms. The number of nitrogens with zero attached hydrogens (tertiary/aromatic N) is 3. The summed E-state index contributed by atoms with van der Waals surface area (Å²) < 4.78 is 3.02. The molecule has 100 valence electrons. The number of hydrogen-bond donors (Lipinski definition) is 1. The predicted molar refractivity (Wildman–Crippen MR) is 75.4 cm³/mol. The lowest BCUT2D eigenvalue weighted by molar-refractivity contribution is 0.291. The highest BCUT2D eigenvalue weighted by Crippen LogP contribution is 2.39. The van der Waals surface area contributed by atoms with Gasteiger partial charge in [-0.05, 0) is 50.2 Å². The smallest absolute Gasteiger partial charge is 0.226 e. The molecule has 18 heavy (non-hydrogen) atoms. The summed E-state index contributed by atoms with van der Waals surface area (Å²) in [6.07, 6.45) is 3.80. The van der Waals surface area contributed by atoms with E-state index in [1.54, 1.807) is 0 Å². The molecule has 1 N–H and O–H groups in total. The van der Waals surface area contributed by atoms with E-state index in [2.05, 4.69) is 40.4 Å². The van der Waals surface area contributed by atoms with Gasteiger partial charge in [-0.1, -0.05) is 13.8 Å². The van der Waals surface area contributed by atoms with Gasteiger partial charge in [-0.3, -0.25) is 4.57 Å². The summed E-state index contributed by atoms with van der Waals surface area (Å²) in [7, 11) is 0. The first-order valence-corrected chi connectivity index (χ1v) is 7.42. The van der Waals surface area contributed by atoms with Crippen LogP contribution >= 0.6 is 12.2 Å². The van der Waals surface area contributed by atoms with Crippen molar-refractivity contribution in [3.8, 4) is 0 Å². The molecule has 1 aliphatic heterocycles. The van der Waals surface area contributed by atoms with Crippen molar-refractivity contribution in [1.82, 2.24) is 14.8 Å². The zero-order chi connectivity index (χ0) is 12.9. The van der Waals surface area contributed by atoms with E-state index < -0.39 is 0 Å². The average Bonchev–Trinajstić information content (AvgIpc) is 3.08. The molecule has 0 radical (unpaired) electrons. The number of aromatic amines is 1. The van der Waals surface area contributed by atoms with E-state index in [0.717, 1.165) is 23.2 Å². The standard InChI is InChI=1S/C13H22N4S/c1-8-6-9(2)10(3)16(7-8)12-14-15-13(18)17(12)11-4-5-11/h8-11H,4-7H2,1-3H3,(H,15,18). The Bertz CT molecular complexity index is 487. The van der Waals surface area contributed by atoms with Crippen LogP contribution in [0.2, 0.25) is 0 Å². The maximum Gasteiger partial charge on any atom is 0.226 e. The van der Waals surface area contributed by atoms with Crippen LogP contribution in [0.25, 0.3) is 0 Å². The van der Waals surface area contributed by atoms with Crippen molar-refractivity contribution >= 4 is 18.2 Å². The number of piperidine rings is 1. The molecule has 1 aliphatic carbocycles. The maximum absolute atomic E-state index is 5.37. The van der Waals surface area contributed by atoms with Crippen LogP contribution in [-0.2, 0) is 0 Å². The number of rotatable bonds is 2. The molecule has 0 bridgehead atoms. The number of nitrogens with one attached hydrogen (secondary N) is 1. The summed E-state index contributed by atoms with van der Waals surface area (Å²) in [6.45, 7) is 8.08. The van der Waals surface area contributed by atoms with Crippen molar-refractivity contribution in [3.63, 3.8) is 0 Å². The lowest BCUT2D eigenvalue weighted by atomic mass is 9.86. The van der Waals surface area contributed by atoms with E-state index in [1.165, 1.54) is 19.3 Å². The van der Waals surface area contributed by atoms with Crippen molar-refractivity contribution in [2.45, 2.75) is 52.1 Å². The van der Waals surface area contributed by atoms with Crippen LogP contribution < -0.4 is 4.90 Å². The zero-order valence-corrected chi connectivity index (χ0v) is 12.2.